The summed E-state index contributed by atoms with van der Waals surface area (Å²) in [5.41, 5.74) is 0.355. The van der Waals surface area contributed by atoms with E-state index in [1.54, 1.807) is 4.57 Å². The van der Waals surface area contributed by atoms with Gasteiger partial charge in [0, 0.05) is 24.8 Å². The van der Waals surface area contributed by atoms with Crippen molar-refractivity contribution >= 4 is 34.7 Å². The Bertz CT molecular complexity index is 1200. The zero-order valence-electron chi connectivity index (χ0n) is 18.1. The first kappa shape index (κ1) is 22.4. The monoisotopic (exact) mass is 476 g/mol. The summed E-state index contributed by atoms with van der Waals surface area (Å²) in [6, 6.07) is 1.06. The first-order chi connectivity index (χ1) is 16.4. The second kappa shape index (κ2) is 9.09. The number of carboxylic acid groups (broad SMARTS) is 1. The van der Waals surface area contributed by atoms with Gasteiger partial charge in [-0.2, -0.15) is 4.98 Å². The molecule has 3 N–H and O–H groups in total. The predicted octanol–water partition coefficient (Wildman–Crippen LogP) is 4.00. The number of benzene rings is 1. The Morgan fingerprint density at radius 3 is 2.47 bits per heavy atom. The van der Waals surface area contributed by atoms with E-state index in [1.807, 2.05) is 0 Å². The van der Waals surface area contributed by atoms with Crippen molar-refractivity contribution in [2.75, 3.05) is 23.8 Å². The van der Waals surface area contributed by atoms with E-state index in [2.05, 4.69) is 25.6 Å². The van der Waals surface area contributed by atoms with Crippen LogP contribution in [-0.4, -0.2) is 49.9 Å². The molecule has 0 bridgehead atoms. The largest absolute Gasteiger partial charge is 0.481 e. The zero-order valence-corrected chi connectivity index (χ0v) is 18.1. The number of halogens is 3. The summed E-state index contributed by atoms with van der Waals surface area (Å²) in [6.45, 7) is 0.895. The van der Waals surface area contributed by atoms with E-state index < -0.39 is 29.1 Å². The molecule has 1 saturated heterocycles. The molecule has 3 heterocycles. The summed E-state index contributed by atoms with van der Waals surface area (Å²) in [7, 11) is 0. The van der Waals surface area contributed by atoms with Crippen molar-refractivity contribution in [1.82, 2.24) is 19.5 Å². The van der Waals surface area contributed by atoms with Crippen LogP contribution in [0.3, 0.4) is 0 Å². The van der Waals surface area contributed by atoms with Crippen LogP contribution < -0.4 is 10.6 Å². The summed E-state index contributed by atoms with van der Waals surface area (Å²) in [6.07, 6.45) is 4.70. The second-order valence-electron chi connectivity index (χ2n) is 8.63. The quantitative estimate of drug-likeness (QED) is 0.489. The standard InChI is InChI=1S/C22H23F3N6O3/c23-12-7-15(24)18(16(25)8-12)29-22-28-17-9-26-21(27-13-3-1-11(2-4-13)20(32)33)30-19(17)31(22)14-5-6-34-10-14/h7-9,11,13-14H,1-6,10H2,(H,28,29)(H,32,33)(H,26,27,30). The maximum atomic E-state index is 14.3. The van der Waals surface area contributed by atoms with Crippen LogP contribution >= 0.6 is 0 Å². The molecule has 5 rings (SSSR count). The van der Waals surface area contributed by atoms with Crippen LogP contribution in [0.2, 0.25) is 0 Å². The van der Waals surface area contributed by atoms with Gasteiger partial charge in [0.05, 0.1) is 24.8 Å². The SMILES string of the molecule is O=C(O)C1CCC(Nc2ncc3nc(Nc4c(F)cc(F)cc4F)n(C4CCOC4)c3n2)CC1. The summed E-state index contributed by atoms with van der Waals surface area (Å²) in [5.74, 6) is -3.77. The molecule has 0 spiro atoms. The minimum Gasteiger partial charge on any atom is -0.481 e. The van der Waals surface area contributed by atoms with Crippen LogP contribution in [0, 0.1) is 23.4 Å². The Labute approximate surface area is 192 Å². The lowest BCUT2D eigenvalue weighted by Gasteiger charge is -2.26. The van der Waals surface area contributed by atoms with E-state index in [0.717, 1.165) is 0 Å². The lowest BCUT2D eigenvalue weighted by Crippen LogP contribution is -2.29. The fourth-order valence-corrected chi connectivity index (χ4v) is 4.56. The number of hydrogen-bond acceptors (Lipinski definition) is 7. The number of nitrogens with zero attached hydrogens (tertiary/aromatic N) is 4. The second-order valence-corrected chi connectivity index (χ2v) is 8.63. The van der Waals surface area contributed by atoms with E-state index >= 15 is 0 Å². The molecule has 1 saturated carbocycles. The first-order valence-electron chi connectivity index (χ1n) is 11.1. The van der Waals surface area contributed by atoms with Crippen LogP contribution in [0.25, 0.3) is 11.2 Å². The van der Waals surface area contributed by atoms with E-state index in [9.17, 15) is 23.1 Å². The van der Waals surface area contributed by atoms with Gasteiger partial charge in [-0.15, -0.1) is 0 Å². The normalized spacial score (nSPS) is 22.7. The molecular formula is C22H23F3N6O3. The molecule has 1 aromatic carbocycles. The molecule has 2 fully saturated rings. The van der Waals surface area contributed by atoms with E-state index in [1.165, 1.54) is 6.20 Å². The topological polar surface area (TPSA) is 114 Å². The number of carbonyl (C=O) groups is 1. The number of aliphatic carboxylic acids is 1. The summed E-state index contributed by atoms with van der Waals surface area (Å²) in [5, 5.41) is 15.1. The molecule has 3 aromatic rings. The minimum absolute atomic E-state index is 0.0410. The summed E-state index contributed by atoms with van der Waals surface area (Å²) >= 11 is 0. The highest BCUT2D eigenvalue weighted by atomic mass is 19.1. The van der Waals surface area contributed by atoms with Gasteiger partial charge in [-0.3, -0.25) is 9.36 Å². The van der Waals surface area contributed by atoms with Crippen LogP contribution in [0.5, 0.6) is 0 Å². The fourth-order valence-electron chi connectivity index (χ4n) is 4.56. The number of nitrogens with one attached hydrogen (secondary N) is 2. The van der Waals surface area contributed by atoms with Crippen LogP contribution in [0.4, 0.5) is 30.8 Å². The number of carboxylic acids is 1. The number of hydrogen-bond donors (Lipinski definition) is 3. The molecule has 0 radical (unpaired) electrons. The van der Waals surface area contributed by atoms with Crippen molar-refractivity contribution in [1.29, 1.82) is 0 Å². The Morgan fingerprint density at radius 1 is 1.09 bits per heavy atom. The maximum absolute atomic E-state index is 14.3. The number of fused-ring (bicyclic) bond motifs is 1. The molecule has 2 aromatic heterocycles. The molecular weight excluding hydrogens is 453 g/mol. The maximum Gasteiger partial charge on any atom is 0.306 e. The molecule has 180 valence electrons. The molecule has 1 aliphatic heterocycles. The Morgan fingerprint density at radius 2 is 1.82 bits per heavy atom. The number of anilines is 3. The molecule has 12 heteroatoms. The Hall–Kier alpha value is -3.41. The van der Waals surface area contributed by atoms with Crippen LogP contribution in [0.1, 0.15) is 38.1 Å². The summed E-state index contributed by atoms with van der Waals surface area (Å²) < 4.78 is 49.1. The van der Waals surface area contributed by atoms with E-state index in [0.29, 0.717) is 74.6 Å². The van der Waals surface area contributed by atoms with Gasteiger partial charge >= 0.3 is 5.97 Å². The van der Waals surface area contributed by atoms with Crippen molar-refractivity contribution < 1.29 is 27.8 Å². The molecule has 9 nitrogen and oxygen atoms in total. The van der Waals surface area contributed by atoms with Crippen molar-refractivity contribution in [3.05, 3.63) is 35.8 Å². The average Bonchev–Trinajstić information content (AvgIpc) is 3.43. The Kier molecular flexibility index (Phi) is 5.98. The minimum atomic E-state index is -1.08. The van der Waals surface area contributed by atoms with Gasteiger partial charge in [-0.05, 0) is 32.1 Å². The van der Waals surface area contributed by atoms with Gasteiger partial charge < -0.3 is 20.5 Å². The highest BCUT2D eigenvalue weighted by molar-refractivity contribution is 5.77. The van der Waals surface area contributed by atoms with Crippen molar-refractivity contribution in [3.63, 3.8) is 0 Å². The Balaban J connectivity index is 1.46. The molecule has 1 atom stereocenters. The lowest BCUT2D eigenvalue weighted by atomic mass is 9.86. The lowest BCUT2D eigenvalue weighted by molar-refractivity contribution is -0.142. The third-order valence-corrected chi connectivity index (χ3v) is 6.36. The van der Waals surface area contributed by atoms with E-state index in [-0.39, 0.29) is 23.9 Å². The third kappa shape index (κ3) is 4.37. The predicted molar refractivity (Wildman–Crippen MR) is 116 cm³/mol. The number of ether oxygens (including phenoxy) is 1. The number of rotatable bonds is 6. The summed E-state index contributed by atoms with van der Waals surface area (Å²) in [4.78, 5) is 24.5. The van der Waals surface area contributed by atoms with Gasteiger partial charge in [-0.1, -0.05) is 0 Å². The van der Waals surface area contributed by atoms with Crippen molar-refractivity contribution in [3.8, 4) is 0 Å². The molecule has 1 unspecified atom stereocenters. The van der Waals surface area contributed by atoms with Gasteiger partial charge in [-0.25, -0.2) is 23.1 Å². The molecule has 34 heavy (non-hydrogen) atoms. The molecule has 1 aliphatic carbocycles. The molecule has 2 aliphatic rings. The van der Waals surface area contributed by atoms with E-state index in [4.69, 9.17) is 4.74 Å². The zero-order chi connectivity index (χ0) is 23.8. The van der Waals surface area contributed by atoms with Crippen molar-refractivity contribution in [2.24, 2.45) is 5.92 Å². The smallest absolute Gasteiger partial charge is 0.306 e. The number of aromatic nitrogens is 4. The van der Waals surface area contributed by atoms with Gasteiger partial charge in [0.25, 0.3) is 0 Å². The van der Waals surface area contributed by atoms with Gasteiger partial charge in [0.2, 0.25) is 11.9 Å². The first-order valence-corrected chi connectivity index (χ1v) is 11.1. The average molecular weight is 476 g/mol. The third-order valence-electron chi connectivity index (χ3n) is 6.36. The van der Waals surface area contributed by atoms with Crippen molar-refractivity contribution in [2.45, 2.75) is 44.2 Å². The van der Waals surface area contributed by atoms with Gasteiger partial charge in [0.1, 0.15) is 17.0 Å². The highest BCUT2D eigenvalue weighted by Gasteiger charge is 2.28. The number of imidazole rings is 1. The van der Waals surface area contributed by atoms with Gasteiger partial charge in [0.15, 0.2) is 17.3 Å². The highest BCUT2D eigenvalue weighted by Crippen LogP contribution is 2.32. The molecule has 0 amide bonds. The van der Waals surface area contributed by atoms with Crippen LogP contribution in [-0.2, 0) is 9.53 Å². The fraction of sp³-hybridized carbons (Fsp3) is 0.455. The van der Waals surface area contributed by atoms with Crippen LogP contribution in [0.15, 0.2) is 18.3 Å².